The van der Waals surface area contributed by atoms with Crippen LogP contribution in [0.25, 0.3) is 0 Å². The molecule has 0 radical (unpaired) electrons. The zero-order chi connectivity index (χ0) is 12.3. The van der Waals surface area contributed by atoms with Crippen molar-refractivity contribution in [3.05, 3.63) is 23.8 Å². The van der Waals surface area contributed by atoms with Crippen LogP contribution in [0, 0.1) is 5.92 Å². The average molecular weight is 234 g/mol. The Morgan fingerprint density at radius 3 is 3.06 bits per heavy atom. The Hall–Kier alpha value is -1.22. The van der Waals surface area contributed by atoms with E-state index in [9.17, 15) is 0 Å². The second kappa shape index (κ2) is 5.41. The van der Waals surface area contributed by atoms with Crippen LogP contribution in [0.3, 0.4) is 0 Å². The van der Waals surface area contributed by atoms with E-state index in [1.54, 1.807) is 0 Å². The fraction of sp³-hybridized carbons (Fsp3) is 0.571. The van der Waals surface area contributed by atoms with Crippen LogP contribution in [0.15, 0.2) is 18.2 Å². The topological polar surface area (TPSA) is 38.5 Å². The van der Waals surface area contributed by atoms with E-state index in [4.69, 9.17) is 10.5 Å². The van der Waals surface area contributed by atoms with Crippen molar-refractivity contribution >= 4 is 5.69 Å². The van der Waals surface area contributed by atoms with Gasteiger partial charge in [-0.15, -0.1) is 0 Å². The van der Waals surface area contributed by atoms with Gasteiger partial charge in [0.05, 0.1) is 6.61 Å². The van der Waals surface area contributed by atoms with Gasteiger partial charge in [-0.2, -0.15) is 0 Å². The number of anilines is 1. The quantitative estimate of drug-likeness (QED) is 0.847. The highest BCUT2D eigenvalue weighted by Crippen LogP contribution is 2.29. The SMILES string of the molecule is CC(CCN)CN(C)c1ccc2c(c1)CCO2. The van der Waals surface area contributed by atoms with Gasteiger partial charge in [-0.3, -0.25) is 0 Å². The minimum Gasteiger partial charge on any atom is -0.493 e. The number of ether oxygens (including phenoxy) is 1. The molecule has 17 heavy (non-hydrogen) atoms. The smallest absolute Gasteiger partial charge is 0.122 e. The summed E-state index contributed by atoms with van der Waals surface area (Å²) >= 11 is 0. The maximum atomic E-state index is 5.58. The Morgan fingerprint density at radius 2 is 2.29 bits per heavy atom. The van der Waals surface area contributed by atoms with E-state index in [-0.39, 0.29) is 0 Å². The highest BCUT2D eigenvalue weighted by atomic mass is 16.5. The van der Waals surface area contributed by atoms with Crippen molar-refractivity contribution in [2.45, 2.75) is 19.8 Å². The monoisotopic (exact) mass is 234 g/mol. The van der Waals surface area contributed by atoms with Crippen LogP contribution in [0.1, 0.15) is 18.9 Å². The molecule has 1 aliphatic heterocycles. The maximum Gasteiger partial charge on any atom is 0.122 e. The maximum absolute atomic E-state index is 5.58. The highest BCUT2D eigenvalue weighted by Gasteiger charge is 2.14. The molecule has 1 aromatic rings. The summed E-state index contributed by atoms with van der Waals surface area (Å²) < 4.78 is 5.52. The molecule has 0 aliphatic carbocycles. The molecule has 0 bridgehead atoms. The molecule has 1 aliphatic rings. The summed E-state index contributed by atoms with van der Waals surface area (Å²) in [6.07, 6.45) is 2.12. The van der Waals surface area contributed by atoms with E-state index in [1.807, 2.05) is 0 Å². The number of hydrogen-bond donors (Lipinski definition) is 1. The predicted molar refractivity (Wildman–Crippen MR) is 71.7 cm³/mol. The third kappa shape index (κ3) is 2.91. The molecule has 1 unspecified atom stereocenters. The largest absolute Gasteiger partial charge is 0.493 e. The van der Waals surface area contributed by atoms with E-state index in [0.29, 0.717) is 5.92 Å². The van der Waals surface area contributed by atoms with Crippen LogP contribution in [0.5, 0.6) is 5.75 Å². The van der Waals surface area contributed by atoms with Gasteiger partial charge < -0.3 is 15.4 Å². The lowest BCUT2D eigenvalue weighted by Crippen LogP contribution is -2.25. The normalized spacial score (nSPS) is 15.2. The Balaban J connectivity index is 2.01. The second-order valence-corrected chi connectivity index (χ2v) is 4.95. The van der Waals surface area contributed by atoms with Crippen LogP contribution >= 0.6 is 0 Å². The van der Waals surface area contributed by atoms with E-state index in [1.165, 1.54) is 11.3 Å². The molecule has 94 valence electrons. The summed E-state index contributed by atoms with van der Waals surface area (Å²) in [5, 5.41) is 0. The average Bonchev–Trinajstić information content (AvgIpc) is 2.75. The molecule has 1 heterocycles. The van der Waals surface area contributed by atoms with Crippen molar-refractivity contribution in [3.63, 3.8) is 0 Å². The van der Waals surface area contributed by atoms with Crippen LogP contribution in [-0.4, -0.2) is 26.7 Å². The number of benzene rings is 1. The summed E-state index contributed by atoms with van der Waals surface area (Å²) in [4.78, 5) is 2.30. The number of nitrogens with two attached hydrogens (primary N) is 1. The van der Waals surface area contributed by atoms with Gasteiger partial charge in [0.1, 0.15) is 5.75 Å². The molecular weight excluding hydrogens is 212 g/mol. The summed E-state index contributed by atoms with van der Waals surface area (Å²) in [7, 11) is 2.14. The lowest BCUT2D eigenvalue weighted by molar-refractivity contribution is 0.357. The molecule has 0 saturated carbocycles. The van der Waals surface area contributed by atoms with Crippen molar-refractivity contribution in [2.75, 3.05) is 31.6 Å². The van der Waals surface area contributed by atoms with Gasteiger partial charge in [0.2, 0.25) is 0 Å². The predicted octanol–water partition coefficient (Wildman–Crippen LogP) is 2.04. The summed E-state index contributed by atoms with van der Waals surface area (Å²) in [5.41, 5.74) is 8.19. The van der Waals surface area contributed by atoms with Gasteiger partial charge in [-0.25, -0.2) is 0 Å². The fourth-order valence-electron chi connectivity index (χ4n) is 2.36. The van der Waals surface area contributed by atoms with Gasteiger partial charge in [-0.05, 0) is 42.6 Å². The molecule has 1 atom stereocenters. The minimum atomic E-state index is 0.634. The summed E-state index contributed by atoms with van der Waals surface area (Å²) in [6.45, 7) is 4.90. The first-order valence-corrected chi connectivity index (χ1v) is 6.37. The van der Waals surface area contributed by atoms with Gasteiger partial charge in [0, 0.05) is 25.7 Å². The molecule has 0 fully saturated rings. The Kier molecular flexibility index (Phi) is 3.89. The van der Waals surface area contributed by atoms with Gasteiger partial charge >= 0.3 is 0 Å². The van der Waals surface area contributed by atoms with Crippen molar-refractivity contribution in [2.24, 2.45) is 11.7 Å². The number of fused-ring (bicyclic) bond motifs is 1. The zero-order valence-electron chi connectivity index (χ0n) is 10.8. The standard InChI is InChI=1S/C14H22N2O/c1-11(5-7-15)10-16(2)13-3-4-14-12(9-13)6-8-17-14/h3-4,9,11H,5-8,10,15H2,1-2H3. The molecule has 2 rings (SSSR count). The lowest BCUT2D eigenvalue weighted by Gasteiger charge is -2.23. The first kappa shape index (κ1) is 12.2. The summed E-state index contributed by atoms with van der Waals surface area (Å²) in [5.74, 6) is 1.69. The molecule has 0 amide bonds. The Labute approximate surface area is 104 Å². The van der Waals surface area contributed by atoms with Gasteiger partial charge in [-0.1, -0.05) is 6.92 Å². The molecule has 3 heteroatoms. The van der Waals surface area contributed by atoms with E-state index < -0.39 is 0 Å². The van der Waals surface area contributed by atoms with Crippen LogP contribution < -0.4 is 15.4 Å². The van der Waals surface area contributed by atoms with Crippen LogP contribution in [-0.2, 0) is 6.42 Å². The minimum absolute atomic E-state index is 0.634. The lowest BCUT2D eigenvalue weighted by atomic mass is 10.1. The van der Waals surface area contributed by atoms with Gasteiger partial charge in [0.15, 0.2) is 0 Å². The Morgan fingerprint density at radius 1 is 1.47 bits per heavy atom. The first-order chi connectivity index (χ1) is 8.20. The van der Waals surface area contributed by atoms with Crippen molar-refractivity contribution < 1.29 is 4.74 Å². The van der Waals surface area contributed by atoms with Crippen molar-refractivity contribution in [1.29, 1.82) is 0 Å². The molecular formula is C14H22N2O. The molecule has 3 nitrogen and oxygen atoms in total. The molecule has 2 N–H and O–H groups in total. The van der Waals surface area contributed by atoms with Crippen LogP contribution in [0.4, 0.5) is 5.69 Å². The van der Waals surface area contributed by atoms with Gasteiger partial charge in [0.25, 0.3) is 0 Å². The van der Waals surface area contributed by atoms with E-state index in [0.717, 1.165) is 38.3 Å². The molecule has 0 aromatic heterocycles. The second-order valence-electron chi connectivity index (χ2n) is 4.95. The Bertz CT molecular complexity index is 378. The highest BCUT2D eigenvalue weighted by molar-refractivity contribution is 5.53. The third-order valence-corrected chi connectivity index (χ3v) is 3.36. The van der Waals surface area contributed by atoms with Crippen molar-refractivity contribution in [3.8, 4) is 5.75 Å². The van der Waals surface area contributed by atoms with E-state index in [2.05, 4.69) is 37.1 Å². The van der Waals surface area contributed by atoms with Crippen LogP contribution in [0.2, 0.25) is 0 Å². The molecule has 0 saturated heterocycles. The fourth-order valence-corrected chi connectivity index (χ4v) is 2.36. The number of nitrogens with zero attached hydrogens (tertiary/aromatic N) is 1. The number of hydrogen-bond acceptors (Lipinski definition) is 3. The summed E-state index contributed by atoms with van der Waals surface area (Å²) in [6, 6.07) is 6.47. The van der Waals surface area contributed by atoms with Crippen molar-refractivity contribution in [1.82, 2.24) is 0 Å². The first-order valence-electron chi connectivity index (χ1n) is 6.37. The molecule has 0 spiro atoms. The third-order valence-electron chi connectivity index (χ3n) is 3.36. The zero-order valence-corrected chi connectivity index (χ0v) is 10.8. The molecule has 1 aromatic carbocycles. The number of rotatable bonds is 5. The van der Waals surface area contributed by atoms with E-state index >= 15 is 0 Å².